The molecule has 1 fully saturated rings. The Kier molecular flexibility index (Phi) is 5.81. The number of para-hydroxylation sites is 2. The molecule has 2 aromatic carbocycles. The van der Waals surface area contributed by atoms with Crippen LogP contribution < -0.4 is 5.32 Å². The lowest BCUT2D eigenvalue weighted by Gasteiger charge is -2.25. The maximum Gasteiger partial charge on any atom is 0.271 e. The van der Waals surface area contributed by atoms with Crippen molar-refractivity contribution in [2.75, 3.05) is 6.54 Å². The van der Waals surface area contributed by atoms with E-state index < -0.39 is 6.17 Å². The van der Waals surface area contributed by atoms with Crippen LogP contribution in [0.5, 0.6) is 0 Å². The Bertz CT molecular complexity index is 1820. The molecule has 196 valence electrons. The minimum Gasteiger partial charge on any atom is -0.337 e. The quantitative estimate of drug-likeness (QED) is 0.331. The number of benzene rings is 2. The zero-order valence-corrected chi connectivity index (χ0v) is 21.5. The van der Waals surface area contributed by atoms with Gasteiger partial charge in [0.05, 0.1) is 16.7 Å². The van der Waals surface area contributed by atoms with Crippen LogP contribution in [0.2, 0.25) is 0 Å². The van der Waals surface area contributed by atoms with E-state index in [4.69, 9.17) is 0 Å². The first-order chi connectivity index (χ1) is 19.6. The molecule has 0 radical (unpaired) electrons. The number of carbonyl (C=O) groups excluding carboxylic acids is 2. The fourth-order valence-corrected chi connectivity index (χ4v) is 5.20. The minimum absolute atomic E-state index is 0.127. The topological polar surface area (TPSA) is 108 Å². The van der Waals surface area contributed by atoms with Crippen molar-refractivity contribution in [2.45, 2.75) is 19.0 Å². The van der Waals surface area contributed by atoms with Gasteiger partial charge in [-0.25, -0.2) is 15.0 Å². The molecule has 2 amide bonds. The lowest BCUT2D eigenvalue weighted by molar-refractivity contribution is 0.0685. The van der Waals surface area contributed by atoms with Gasteiger partial charge in [0.15, 0.2) is 5.82 Å². The predicted octanol–water partition coefficient (Wildman–Crippen LogP) is 4.93. The number of nitrogens with one attached hydrogen (secondary N) is 2. The van der Waals surface area contributed by atoms with Crippen LogP contribution in [0, 0.1) is 0 Å². The number of hydrogen-bond acceptors (Lipinski definition) is 5. The molecule has 9 heteroatoms. The van der Waals surface area contributed by atoms with E-state index >= 15 is 0 Å². The van der Waals surface area contributed by atoms with E-state index in [0.717, 1.165) is 34.4 Å². The van der Waals surface area contributed by atoms with Crippen LogP contribution in [0.25, 0.3) is 39.5 Å². The average Bonchev–Trinajstić information content (AvgIpc) is 3.75. The van der Waals surface area contributed by atoms with Gasteiger partial charge in [0.2, 0.25) is 0 Å². The normalized spacial score (nSPS) is 15.1. The van der Waals surface area contributed by atoms with Gasteiger partial charge in [0.1, 0.15) is 23.2 Å². The summed E-state index contributed by atoms with van der Waals surface area (Å²) in [5, 5.41) is 3.02. The SMILES string of the molecule is O=C(NC1CCCN1C(=O)c1cccc(-c2cn3ccccc3n2)c1)c1cccc(-c2nc3ccccc3[nH]2)n1. The molecule has 0 aliphatic carbocycles. The minimum atomic E-state index is -0.421. The Morgan fingerprint density at radius 2 is 1.75 bits per heavy atom. The molecular weight excluding hydrogens is 502 g/mol. The van der Waals surface area contributed by atoms with Crippen molar-refractivity contribution < 1.29 is 9.59 Å². The molecule has 2 N–H and O–H groups in total. The first-order valence-electron chi connectivity index (χ1n) is 13.2. The summed E-state index contributed by atoms with van der Waals surface area (Å²) in [6.45, 7) is 0.564. The van der Waals surface area contributed by atoms with E-state index in [1.807, 2.05) is 83.5 Å². The molecule has 1 unspecified atom stereocenters. The smallest absolute Gasteiger partial charge is 0.271 e. The molecule has 1 aliphatic heterocycles. The molecule has 6 aromatic rings. The Hall–Kier alpha value is -5.31. The molecule has 4 aromatic heterocycles. The van der Waals surface area contributed by atoms with Crippen LogP contribution in [0.3, 0.4) is 0 Å². The zero-order chi connectivity index (χ0) is 27.1. The van der Waals surface area contributed by atoms with E-state index in [-0.39, 0.29) is 17.5 Å². The number of imidazole rings is 2. The number of aromatic amines is 1. The number of pyridine rings is 2. The summed E-state index contributed by atoms with van der Waals surface area (Å²) < 4.78 is 1.95. The second kappa shape index (κ2) is 9.77. The highest BCUT2D eigenvalue weighted by Gasteiger charge is 2.31. The molecular formula is C31H25N7O2. The van der Waals surface area contributed by atoms with Crippen molar-refractivity contribution in [2.24, 2.45) is 0 Å². The van der Waals surface area contributed by atoms with Crippen molar-refractivity contribution in [3.8, 4) is 22.8 Å². The Labute approximate surface area is 229 Å². The summed E-state index contributed by atoms with van der Waals surface area (Å²) >= 11 is 0. The molecule has 0 saturated carbocycles. The van der Waals surface area contributed by atoms with Crippen LogP contribution in [0.1, 0.15) is 33.7 Å². The number of hydrogen-bond donors (Lipinski definition) is 2. The van der Waals surface area contributed by atoms with E-state index in [1.165, 1.54) is 0 Å². The van der Waals surface area contributed by atoms with Crippen LogP contribution >= 0.6 is 0 Å². The van der Waals surface area contributed by atoms with Crippen LogP contribution in [-0.4, -0.2) is 53.8 Å². The molecule has 0 spiro atoms. The Morgan fingerprint density at radius 3 is 2.65 bits per heavy atom. The fourth-order valence-electron chi connectivity index (χ4n) is 5.20. The first kappa shape index (κ1) is 23.8. The maximum absolute atomic E-state index is 13.6. The molecule has 9 nitrogen and oxygen atoms in total. The number of H-pyrrole nitrogens is 1. The van der Waals surface area contributed by atoms with Crippen molar-refractivity contribution in [3.05, 3.63) is 109 Å². The third-order valence-electron chi connectivity index (χ3n) is 7.19. The summed E-state index contributed by atoms with van der Waals surface area (Å²) in [5.41, 5.74) is 5.64. The predicted molar refractivity (Wildman–Crippen MR) is 151 cm³/mol. The lowest BCUT2D eigenvalue weighted by atomic mass is 10.1. The number of fused-ring (bicyclic) bond motifs is 2. The highest BCUT2D eigenvalue weighted by Crippen LogP contribution is 2.24. The second-order valence-corrected chi connectivity index (χ2v) is 9.81. The summed E-state index contributed by atoms with van der Waals surface area (Å²) in [6.07, 6.45) is 4.95. The molecule has 1 saturated heterocycles. The second-order valence-electron chi connectivity index (χ2n) is 9.81. The van der Waals surface area contributed by atoms with Crippen LogP contribution in [-0.2, 0) is 0 Å². The summed E-state index contributed by atoms with van der Waals surface area (Å²) in [5.74, 6) is 0.137. The van der Waals surface area contributed by atoms with E-state index in [9.17, 15) is 9.59 Å². The van der Waals surface area contributed by atoms with Gasteiger partial charge in [-0.3, -0.25) is 9.59 Å². The van der Waals surface area contributed by atoms with Gasteiger partial charge < -0.3 is 19.6 Å². The largest absolute Gasteiger partial charge is 0.337 e. The molecule has 40 heavy (non-hydrogen) atoms. The van der Waals surface area contributed by atoms with Gasteiger partial charge in [-0.15, -0.1) is 0 Å². The van der Waals surface area contributed by atoms with E-state index in [1.54, 1.807) is 23.1 Å². The number of nitrogens with zero attached hydrogens (tertiary/aromatic N) is 5. The van der Waals surface area contributed by atoms with Crippen molar-refractivity contribution in [3.63, 3.8) is 0 Å². The molecule has 0 bridgehead atoms. The van der Waals surface area contributed by atoms with E-state index in [0.29, 0.717) is 30.0 Å². The Morgan fingerprint density at radius 1 is 0.875 bits per heavy atom. The van der Waals surface area contributed by atoms with Gasteiger partial charge in [-0.2, -0.15) is 0 Å². The number of amides is 2. The van der Waals surface area contributed by atoms with Gasteiger partial charge >= 0.3 is 0 Å². The monoisotopic (exact) mass is 527 g/mol. The summed E-state index contributed by atoms with van der Waals surface area (Å²) in [4.78, 5) is 45.6. The zero-order valence-electron chi connectivity index (χ0n) is 21.5. The van der Waals surface area contributed by atoms with Crippen molar-refractivity contribution >= 4 is 28.5 Å². The fraction of sp³-hybridized carbons (Fsp3) is 0.129. The van der Waals surface area contributed by atoms with Gasteiger partial charge in [-0.05, 0) is 61.4 Å². The number of rotatable bonds is 5. The van der Waals surface area contributed by atoms with Gasteiger partial charge in [0, 0.05) is 30.1 Å². The van der Waals surface area contributed by atoms with Gasteiger partial charge in [0.25, 0.3) is 11.8 Å². The van der Waals surface area contributed by atoms with Gasteiger partial charge in [-0.1, -0.05) is 36.4 Å². The highest BCUT2D eigenvalue weighted by molar-refractivity contribution is 5.97. The summed E-state index contributed by atoms with van der Waals surface area (Å²) in [7, 11) is 0. The third kappa shape index (κ3) is 4.37. The molecule has 1 aliphatic rings. The number of carbonyl (C=O) groups is 2. The van der Waals surface area contributed by atoms with Crippen molar-refractivity contribution in [1.82, 2.24) is 34.6 Å². The third-order valence-corrected chi connectivity index (χ3v) is 7.19. The van der Waals surface area contributed by atoms with Crippen molar-refractivity contribution in [1.29, 1.82) is 0 Å². The van der Waals surface area contributed by atoms with E-state index in [2.05, 4.69) is 25.3 Å². The number of likely N-dealkylation sites (tertiary alicyclic amines) is 1. The first-order valence-corrected chi connectivity index (χ1v) is 13.2. The van der Waals surface area contributed by atoms with Crippen LogP contribution in [0.15, 0.2) is 97.3 Å². The summed E-state index contributed by atoms with van der Waals surface area (Å²) in [6, 6.07) is 26.3. The molecule has 1 atom stereocenters. The van der Waals surface area contributed by atoms with Crippen LogP contribution in [0.4, 0.5) is 0 Å². The Balaban J connectivity index is 1.09. The average molecular weight is 528 g/mol. The lowest BCUT2D eigenvalue weighted by Crippen LogP contribution is -2.47. The maximum atomic E-state index is 13.6. The molecule has 7 rings (SSSR count). The highest BCUT2D eigenvalue weighted by atomic mass is 16.2. The standard InChI is InChI=1S/C31H25N7O2/c39-30(25-13-6-12-24(32-25)29-34-22-10-1-2-11-23(22)35-29)36-28-15-7-17-38(28)31(40)21-9-5-8-20(18-21)26-19-37-16-4-3-14-27(37)33-26/h1-6,8-14,16,18-19,28H,7,15,17H2,(H,34,35)(H,36,39). The molecule has 5 heterocycles. The number of aromatic nitrogens is 5.